The van der Waals surface area contributed by atoms with Gasteiger partial charge in [0, 0.05) is 23.5 Å². The summed E-state index contributed by atoms with van der Waals surface area (Å²) in [5.41, 5.74) is 2.47. The van der Waals surface area contributed by atoms with Gasteiger partial charge in [0.1, 0.15) is 18.1 Å². The molecule has 0 atom stereocenters. The van der Waals surface area contributed by atoms with Crippen molar-refractivity contribution in [3.8, 4) is 11.5 Å². The second-order valence-corrected chi connectivity index (χ2v) is 6.91. The van der Waals surface area contributed by atoms with Crippen LogP contribution in [0.25, 0.3) is 0 Å². The van der Waals surface area contributed by atoms with Crippen molar-refractivity contribution in [1.29, 1.82) is 0 Å². The summed E-state index contributed by atoms with van der Waals surface area (Å²) in [5, 5.41) is 5.97. The molecule has 0 aromatic heterocycles. The van der Waals surface area contributed by atoms with E-state index in [4.69, 9.17) is 9.47 Å². The van der Waals surface area contributed by atoms with Gasteiger partial charge in [0.05, 0.1) is 13.2 Å². The lowest BCUT2D eigenvalue weighted by Gasteiger charge is -2.12. The zero-order valence-electron chi connectivity index (χ0n) is 16.2. The third kappa shape index (κ3) is 7.86. The molecule has 2 aromatic rings. The largest absolute Gasteiger partial charge is 0.493 e. The number of benzene rings is 2. The van der Waals surface area contributed by atoms with Gasteiger partial charge >= 0.3 is 0 Å². The van der Waals surface area contributed by atoms with E-state index < -0.39 is 0 Å². The van der Waals surface area contributed by atoms with Crippen LogP contribution in [-0.4, -0.2) is 25.7 Å². The fourth-order valence-corrected chi connectivity index (χ4v) is 2.22. The molecule has 5 nitrogen and oxygen atoms in total. The van der Waals surface area contributed by atoms with Crippen LogP contribution >= 0.6 is 0 Å². The van der Waals surface area contributed by atoms with Crippen LogP contribution in [0.15, 0.2) is 60.7 Å². The number of carbonyl (C=O) groups excluding carboxylic acids is 1. The first-order valence-electron chi connectivity index (χ1n) is 9.06. The minimum absolute atomic E-state index is 0.138. The van der Waals surface area contributed by atoms with Gasteiger partial charge in [0.2, 0.25) is 5.91 Å². The predicted octanol–water partition coefficient (Wildman–Crippen LogP) is 4.73. The van der Waals surface area contributed by atoms with Crippen molar-refractivity contribution in [2.24, 2.45) is 5.92 Å². The Balaban J connectivity index is 1.85. The summed E-state index contributed by atoms with van der Waals surface area (Å²) in [7, 11) is 0. The number of anilines is 2. The average molecular weight is 368 g/mol. The Bertz CT molecular complexity index is 772. The quantitative estimate of drug-likeness (QED) is 0.596. The van der Waals surface area contributed by atoms with E-state index in [1.807, 2.05) is 49.4 Å². The van der Waals surface area contributed by atoms with Crippen LogP contribution in [-0.2, 0) is 4.79 Å². The van der Waals surface area contributed by atoms with Crippen molar-refractivity contribution in [3.63, 3.8) is 0 Å². The van der Waals surface area contributed by atoms with Crippen LogP contribution in [0.3, 0.4) is 0 Å². The Morgan fingerprint density at radius 3 is 2.33 bits per heavy atom. The molecule has 0 unspecified atom stereocenters. The van der Waals surface area contributed by atoms with E-state index in [0.717, 1.165) is 17.0 Å². The number of rotatable bonds is 10. The number of hydrogen-bond acceptors (Lipinski definition) is 4. The summed E-state index contributed by atoms with van der Waals surface area (Å²) in [6.45, 7) is 11.2. The highest BCUT2D eigenvalue weighted by Crippen LogP contribution is 2.19. The Kier molecular flexibility index (Phi) is 7.74. The van der Waals surface area contributed by atoms with E-state index in [2.05, 4.69) is 31.1 Å². The predicted molar refractivity (Wildman–Crippen MR) is 111 cm³/mol. The molecule has 0 saturated carbocycles. The summed E-state index contributed by atoms with van der Waals surface area (Å²) >= 11 is 0. The SMILES string of the molecule is C=C(C)COc1cccc(NC(=O)CNc2cccc(OCC(C)C)c2)c1. The van der Waals surface area contributed by atoms with Crippen LogP contribution < -0.4 is 20.1 Å². The van der Waals surface area contributed by atoms with Crippen LogP contribution in [0.1, 0.15) is 20.8 Å². The van der Waals surface area contributed by atoms with Crippen LogP contribution in [0.2, 0.25) is 0 Å². The molecular formula is C22H28N2O3. The maximum atomic E-state index is 12.2. The molecule has 0 aliphatic heterocycles. The fourth-order valence-electron chi connectivity index (χ4n) is 2.22. The molecule has 2 aromatic carbocycles. The van der Waals surface area contributed by atoms with Gasteiger partial charge in [-0.3, -0.25) is 4.79 Å². The first kappa shape index (κ1) is 20.4. The smallest absolute Gasteiger partial charge is 0.243 e. The molecule has 0 spiro atoms. The zero-order valence-corrected chi connectivity index (χ0v) is 16.2. The molecule has 0 heterocycles. The summed E-state index contributed by atoms with van der Waals surface area (Å²) in [4.78, 5) is 12.2. The van der Waals surface area contributed by atoms with Crippen LogP contribution in [0, 0.1) is 5.92 Å². The van der Waals surface area contributed by atoms with Crippen molar-refractivity contribution in [1.82, 2.24) is 0 Å². The van der Waals surface area contributed by atoms with E-state index >= 15 is 0 Å². The minimum Gasteiger partial charge on any atom is -0.493 e. The topological polar surface area (TPSA) is 59.6 Å². The Labute approximate surface area is 161 Å². The Hall–Kier alpha value is -2.95. The van der Waals surface area contributed by atoms with Crippen molar-refractivity contribution < 1.29 is 14.3 Å². The lowest BCUT2D eigenvalue weighted by molar-refractivity contribution is -0.114. The molecule has 0 aliphatic rings. The lowest BCUT2D eigenvalue weighted by Crippen LogP contribution is -2.21. The van der Waals surface area contributed by atoms with E-state index in [9.17, 15) is 4.79 Å². The van der Waals surface area contributed by atoms with Crippen molar-refractivity contribution in [2.75, 3.05) is 30.4 Å². The summed E-state index contributed by atoms with van der Waals surface area (Å²) in [6, 6.07) is 14.9. The Morgan fingerprint density at radius 2 is 1.67 bits per heavy atom. The van der Waals surface area contributed by atoms with Gasteiger partial charge in [-0.2, -0.15) is 0 Å². The molecule has 2 N–H and O–H groups in total. The molecule has 0 aliphatic carbocycles. The van der Waals surface area contributed by atoms with Gasteiger partial charge in [-0.15, -0.1) is 0 Å². The monoisotopic (exact) mass is 368 g/mol. The van der Waals surface area contributed by atoms with Gasteiger partial charge in [-0.25, -0.2) is 0 Å². The van der Waals surface area contributed by atoms with Crippen LogP contribution in [0.5, 0.6) is 11.5 Å². The maximum absolute atomic E-state index is 12.2. The van der Waals surface area contributed by atoms with Crippen LogP contribution in [0.4, 0.5) is 11.4 Å². The number of carbonyl (C=O) groups is 1. The highest BCUT2D eigenvalue weighted by Gasteiger charge is 2.05. The second kappa shape index (κ2) is 10.3. The molecule has 5 heteroatoms. The van der Waals surface area contributed by atoms with Gasteiger partial charge < -0.3 is 20.1 Å². The third-order valence-electron chi connectivity index (χ3n) is 3.47. The van der Waals surface area contributed by atoms with Gasteiger partial charge in [0.15, 0.2) is 0 Å². The number of amides is 1. The molecule has 27 heavy (non-hydrogen) atoms. The molecule has 1 amide bonds. The van der Waals surface area contributed by atoms with E-state index in [1.165, 1.54) is 0 Å². The zero-order chi connectivity index (χ0) is 19.6. The van der Waals surface area contributed by atoms with E-state index in [-0.39, 0.29) is 12.5 Å². The normalized spacial score (nSPS) is 10.4. The molecule has 0 fully saturated rings. The highest BCUT2D eigenvalue weighted by atomic mass is 16.5. The highest BCUT2D eigenvalue weighted by molar-refractivity contribution is 5.93. The summed E-state index contributed by atoms with van der Waals surface area (Å²) in [6.07, 6.45) is 0. The third-order valence-corrected chi connectivity index (χ3v) is 3.47. The molecule has 2 rings (SSSR count). The first-order chi connectivity index (χ1) is 12.9. The van der Waals surface area contributed by atoms with Crippen molar-refractivity contribution >= 4 is 17.3 Å². The van der Waals surface area contributed by atoms with E-state index in [1.54, 1.807) is 6.07 Å². The molecule has 0 radical (unpaired) electrons. The molecule has 144 valence electrons. The minimum atomic E-state index is -0.138. The summed E-state index contributed by atoms with van der Waals surface area (Å²) in [5.74, 6) is 1.80. The number of ether oxygens (including phenoxy) is 2. The molecule has 0 saturated heterocycles. The second-order valence-electron chi connectivity index (χ2n) is 6.91. The molecular weight excluding hydrogens is 340 g/mol. The first-order valence-corrected chi connectivity index (χ1v) is 9.06. The van der Waals surface area contributed by atoms with Crippen molar-refractivity contribution in [2.45, 2.75) is 20.8 Å². The lowest BCUT2D eigenvalue weighted by atomic mass is 10.2. The number of hydrogen-bond donors (Lipinski definition) is 2. The van der Waals surface area contributed by atoms with Gasteiger partial charge in [-0.1, -0.05) is 32.6 Å². The average Bonchev–Trinajstić information content (AvgIpc) is 2.64. The maximum Gasteiger partial charge on any atom is 0.243 e. The van der Waals surface area contributed by atoms with Gasteiger partial charge in [-0.05, 0) is 42.7 Å². The standard InChI is InChI=1S/C22H28N2O3/c1-16(2)14-26-20-9-5-7-18(11-20)23-13-22(25)24-19-8-6-10-21(12-19)27-15-17(3)4/h5-12,16,23H,3,13-15H2,1-2,4H3,(H,24,25). The molecule has 0 bridgehead atoms. The summed E-state index contributed by atoms with van der Waals surface area (Å²) < 4.78 is 11.3. The van der Waals surface area contributed by atoms with E-state index in [0.29, 0.717) is 30.6 Å². The number of nitrogens with one attached hydrogen (secondary N) is 2. The van der Waals surface area contributed by atoms with Crippen molar-refractivity contribution in [3.05, 3.63) is 60.7 Å². The Morgan fingerprint density at radius 1 is 1.04 bits per heavy atom. The fraction of sp³-hybridized carbons (Fsp3) is 0.318. The van der Waals surface area contributed by atoms with Gasteiger partial charge in [0.25, 0.3) is 0 Å².